The van der Waals surface area contributed by atoms with Crippen molar-refractivity contribution in [3.8, 4) is 11.8 Å². The van der Waals surface area contributed by atoms with Crippen LogP contribution in [0.3, 0.4) is 0 Å². The molecule has 0 aliphatic carbocycles. The van der Waals surface area contributed by atoms with Crippen LogP contribution in [0, 0.1) is 21.4 Å². The lowest BCUT2D eigenvalue weighted by molar-refractivity contribution is -0.384. The highest BCUT2D eigenvalue weighted by molar-refractivity contribution is 5.66. The Morgan fingerprint density at radius 2 is 2.05 bits per heavy atom. The second kappa shape index (κ2) is 6.41. The lowest BCUT2D eigenvalue weighted by Gasteiger charge is -2.36. The predicted octanol–water partition coefficient (Wildman–Crippen LogP) is 1.64. The van der Waals surface area contributed by atoms with E-state index in [1.165, 1.54) is 13.2 Å². The fourth-order valence-electron chi connectivity index (χ4n) is 2.47. The molecule has 2 rings (SSSR count). The second-order valence-electron chi connectivity index (χ2n) is 4.94. The van der Waals surface area contributed by atoms with Crippen molar-refractivity contribution in [3.05, 3.63) is 28.3 Å². The molecule has 0 aromatic heterocycles. The van der Waals surface area contributed by atoms with Crippen molar-refractivity contribution < 1.29 is 9.66 Å². The van der Waals surface area contributed by atoms with Crippen molar-refractivity contribution in [2.24, 2.45) is 0 Å². The predicted molar refractivity (Wildman–Crippen MR) is 78.5 cm³/mol. The summed E-state index contributed by atoms with van der Waals surface area (Å²) in [6.45, 7) is 4.59. The minimum atomic E-state index is -0.376. The van der Waals surface area contributed by atoms with Gasteiger partial charge in [0, 0.05) is 38.3 Å². The van der Waals surface area contributed by atoms with Gasteiger partial charge in [0.25, 0.3) is 5.69 Å². The third kappa shape index (κ3) is 3.23. The van der Waals surface area contributed by atoms with Crippen LogP contribution in [0.15, 0.2) is 18.2 Å². The maximum atomic E-state index is 11.2. The van der Waals surface area contributed by atoms with Crippen LogP contribution < -0.4 is 9.64 Å². The van der Waals surface area contributed by atoms with E-state index in [0.717, 1.165) is 0 Å². The zero-order valence-electron chi connectivity index (χ0n) is 12.2. The molecule has 0 bridgehead atoms. The fraction of sp³-hybridized carbons (Fsp3) is 0.500. The SMILES string of the molecule is COc1ccc([N+](=O)[O-])c(N2CCN(C(C)C#N)CC2)c1. The Balaban J connectivity index is 2.19. The molecule has 1 unspecified atom stereocenters. The van der Waals surface area contributed by atoms with Gasteiger partial charge < -0.3 is 9.64 Å². The lowest BCUT2D eigenvalue weighted by atomic mass is 10.2. The largest absolute Gasteiger partial charge is 0.497 e. The summed E-state index contributed by atoms with van der Waals surface area (Å²) >= 11 is 0. The Hall–Kier alpha value is -2.33. The van der Waals surface area contributed by atoms with Crippen LogP contribution >= 0.6 is 0 Å². The molecule has 7 nitrogen and oxygen atoms in total. The van der Waals surface area contributed by atoms with Crippen LogP contribution in [0.2, 0.25) is 0 Å². The molecular formula is C14H18N4O3. The zero-order chi connectivity index (χ0) is 15.4. The van der Waals surface area contributed by atoms with E-state index >= 15 is 0 Å². The Labute approximate surface area is 123 Å². The molecule has 1 saturated heterocycles. The maximum Gasteiger partial charge on any atom is 0.292 e. The monoisotopic (exact) mass is 290 g/mol. The maximum absolute atomic E-state index is 11.2. The first-order valence-corrected chi connectivity index (χ1v) is 6.78. The van der Waals surface area contributed by atoms with Gasteiger partial charge in [-0.25, -0.2) is 0 Å². The lowest BCUT2D eigenvalue weighted by Crippen LogP contribution is -2.49. The Bertz CT molecular complexity index is 562. The summed E-state index contributed by atoms with van der Waals surface area (Å²) in [5.74, 6) is 0.600. The average molecular weight is 290 g/mol. The van der Waals surface area contributed by atoms with E-state index in [1.807, 2.05) is 11.8 Å². The number of anilines is 1. The molecule has 1 heterocycles. The van der Waals surface area contributed by atoms with Crippen molar-refractivity contribution in [3.63, 3.8) is 0 Å². The van der Waals surface area contributed by atoms with Gasteiger partial charge in [-0.1, -0.05) is 0 Å². The van der Waals surface area contributed by atoms with Gasteiger partial charge in [-0.3, -0.25) is 15.0 Å². The molecule has 1 fully saturated rings. The van der Waals surface area contributed by atoms with Crippen LogP contribution in [0.1, 0.15) is 6.92 Å². The summed E-state index contributed by atoms with van der Waals surface area (Å²) in [7, 11) is 1.54. The number of nitro benzene ring substituents is 1. The average Bonchev–Trinajstić information content (AvgIpc) is 2.53. The Kier molecular flexibility index (Phi) is 4.60. The highest BCUT2D eigenvalue weighted by atomic mass is 16.6. The highest BCUT2D eigenvalue weighted by Crippen LogP contribution is 2.32. The van der Waals surface area contributed by atoms with Gasteiger partial charge in [0.15, 0.2) is 0 Å². The fourth-order valence-corrected chi connectivity index (χ4v) is 2.47. The molecule has 0 amide bonds. The van der Waals surface area contributed by atoms with Crippen molar-refractivity contribution in [2.45, 2.75) is 13.0 Å². The van der Waals surface area contributed by atoms with Crippen LogP contribution in [0.5, 0.6) is 5.75 Å². The van der Waals surface area contributed by atoms with E-state index in [1.54, 1.807) is 12.1 Å². The normalized spacial score (nSPS) is 17.1. The summed E-state index contributed by atoms with van der Waals surface area (Å²) in [6.07, 6.45) is 0. The summed E-state index contributed by atoms with van der Waals surface area (Å²) in [4.78, 5) is 14.8. The molecule has 21 heavy (non-hydrogen) atoms. The third-order valence-corrected chi connectivity index (χ3v) is 3.77. The molecular weight excluding hydrogens is 272 g/mol. The first-order valence-electron chi connectivity index (χ1n) is 6.78. The molecule has 0 N–H and O–H groups in total. The molecule has 1 atom stereocenters. The Morgan fingerprint density at radius 1 is 1.38 bits per heavy atom. The van der Waals surface area contributed by atoms with E-state index in [4.69, 9.17) is 10.00 Å². The standard InChI is InChI=1S/C14H18N4O3/c1-11(10-15)16-5-7-17(8-6-16)14-9-12(21-2)3-4-13(14)18(19)20/h3-4,9,11H,5-8H2,1-2H3. The van der Waals surface area contributed by atoms with Gasteiger partial charge >= 0.3 is 0 Å². The molecule has 0 saturated carbocycles. The van der Waals surface area contributed by atoms with Gasteiger partial charge in [0.2, 0.25) is 0 Å². The van der Waals surface area contributed by atoms with E-state index in [9.17, 15) is 10.1 Å². The molecule has 1 aromatic rings. The molecule has 112 valence electrons. The summed E-state index contributed by atoms with van der Waals surface area (Å²) in [5.41, 5.74) is 0.654. The minimum Gasteiger partial charge on any atom is -0.497 e. The summed E-state index contributed by atoms with van der Waals surface area (Å²) in [5, 5.41) is 20.1. The molecule has 0 spiro atoms. The number of nitrogens with zero attached hydrogens (tertiary/aromatic N) is 4. The number of hydrogen-bond donors (Lipinski definition) is 0. The van der Waals surface area contributed by atoms with E-state index < -0.39 is 0 Å². The smallest absolute Gasteiger partial charge is 0.292 e. The zero-order valence-corrected chi connectivity index (χ0v) is 12.2. The van der Waals surface area contributed by atoms with E-state index in [0.29, 0.717) is 37.6 Å². The van der Waals surface area contributed by atoms with E-state index in [-0.39, 0.29) is 16.7 Å². The number of nitro groups is 1. The van der Waals surface area contributed by atoms with Crippen molar-refractivity contribution in [1.29, 1.82) is 5.26 Å². The van der Waals surface area contributed by atoms with Gasteiger partial charge in [0.05, 0.1) is 24.1 Å². The van der Waals surface area contributed by atoms with Crippen LogP contribution in [0.4, 0.5) is 11.4 Å². The number of nitriles is 1. The van der Waals surface area contributed by atoms with Gasteiger partial charge in [-0.05, 0) is 13.0 Å². The van der Waals surface area contributed by atoms with Crippen molar-refractivity contribution in [1.82, 2.24) is 4.90 Å². The molecule has 0 radical (unpaired) electrons. The number of hydrogen-bond acceptors (Lipinski definition) is 6. The topological polar surface area (TPSA) is 82.6 Å². The molecule has 1 aliphatic rings. The third-order valence-electron chi connectivity index (χ3n) is 3.77. The van der Waals surface area contributed by atoms with Crippen LogP contribution in [-0.4, -0.2) is 49.2 Å². The van der Waals surface area contributed by atoms with Crippen molar-refractivity contribution >= 4 is 11.4 Å². The number of benzene rings is 1. The van der Waals surface area contributed by atoms with Crippen LogP contribution in [-0.2, 0) is 0 Å². The second-order valence-corrected chi connectivity index (χ2v) is 4.94. The van der Waals surface area contributed by atoms with E-state index in [2.05, 4.69) is 11.0 Å². The first kappa shape index (κ1) is 15.1. The number of piperazine rings is 1. The quantitative estimate of drug-likeness (QED) is 0.619. The van der Waals surface area contributed by atoms with Gasteiger partial charge in [0.1, 0.15) is 11.4 Å². The number of methoxy groups -OCH3 is 1. The number of ether oxygens (including phenoxy) is 1. The summed E-state index contributed by atoms with van der Waals surface area (Å²) in [6, 6.07) is 6.84. The van der Waals surface area contributed by atoms with Gasteiger partial charge in [-0.2, -0.15) is 5.26 Å². The molecule has 7 heteroatoms. The number of rotatable bonds is 4. The van der Waals surface area contributed by atoms with Crippen molar-refractivity contribution in [2.75, 3.05) is 38.2 Å². The summed E-state index contributed by atoms with van der Waals surface area (Å²) < 4.78 is 5.15. The molecule has 1 aliphatic heterocycles. The first-order chi connectivity index (χ1) is 10.1. The van der Waals surface area contributed by atoms with Gasteiger partial charge in [-0.15, -0.1) is 0 Å². The highest BCUT2D eigenvalue weighted by Gasteiger charge is 2.26. The minimum absolute atomic E-state index is 0.0811. The Morgan fingerprint density at radius 3 is 2.57 bits per heavy atom. The van der Waals surface area contributed by atoms with Crippen LogP contribution in [0.25, 0.3) is 0 Å². The molecule has 1 aromatic carbocycles.